The Hall–Kier alpha value is -3.40. The summed E-state index contributed by atoms with van der Waals surface area (Å²) in [5, 5.41) is 3.95. The lowest BCUT2D eigenvalue weighted by Gasteiger charge is -2.29. The molecule has 128 valence electrons. The van der Waals surface area contributed by atoms with Crippen LogP contribution < -0.4 is 4.90 Å². The molecule has 2 aromatic rings. The molecule has 0 radical (unpaired) electrons. The molecule has 4 heteroatoms. The van der Waals surface area contributed by atoms with E-state index in [1.807, 2.05) is 48.5 Å². The molecule has 2 heterocycles. The number of carbonyl (C=O) groups excluding carboxylic acids is 1. The van der Waals surface area contributed by atoms with E-state index in [1.165, 1.54) is 5.56 Å². The van der Waals surface area contributed by atoms with Gasteiger partial charge in [0.25, 0.3) is 0 Å². The van der Waals surface area contributed by atoms with Crippen molar-refractivity contribution >= 4 is 23.4 Å². The Labute approximate surface area is 152 Å². The highest BCUT2D eigenvalue weighted by Gasteiger charge is 2.26. The maximum Gasteiger partial charge on any atom is 0.368 e. The summed E-state index contributed by atoms with van der Waals surface area (Å²) < 4.78 is 0. The smallest absolute Gasteiger partial charge is 0.341 e. The molecule has 0 saturated carbocycles. The van der Waals surface area contributed by atoms with Crippen molar-refractivity contribution in [2.24, 2.45) is 5.16 Å². The van der Waals surface area contributed by atoms with Crippen molar-refractivity contribution in [3.8, 4) is 0 Å². The van der Waals surface area contributed by atoms with E-state index >= 15 is 0 Å². The second-order valence-electron chi connectivity index (χ2n) is 5.99. The van der Waals surface area contributed by atoms with Crippen LogP contribution in [0.1, 0.15) is 18.1 Å². The third-order valence-corrected chi connectivity index (χ3v) is 4.45. The number of oxime groups is 1. The maximum absolute atomic E-state index is 12.1. The fraction of sp³-hybridized carbons (Fsp3) is 0.0909. The fourth-order valence-electron chi connectivity index (χ4n) is 3.18. The number of hydrogen-bond acceptors (Lipinski definition) is 4. The Bertz CT molecular complexity index is 969. The summed E-state index contributed by atoms with van der Waals surface area (Å²) in [6.07, 6.45) is 7.88. The van der Waals surface area contributed by atoms with Gasteiger partial charge in [-0.1, -0.05) is 59.8 Å². The van der Waals surface area contributed by atoms with Crippen LogP contribution in [0.5, 0.6) is 0 Å². The highest BCUT2D eigenvalue weighted by Crippen LogP contribution is 2.30. The molecule has 2 aromatic carbocycles. The Morgan fingerprint density at radius 2 is 1.77 bits per heavy atom. The molecule has 0 amide bonds. The SMILES string of the molecule is CCN1C(=CC=C2C(=O)ON=C2c2ccccc2)C=Cc2ccccc21. The number of rotatable bonds is 3. The molecule has 0 spiro atoms. The number of para-hydroxylation sites is 1. The predicted molar refractivity (Wildman–Crippen MR) is 104 cm³/mol. The number of likely N-dealkylation sites (N-methyl/N-ethyl adjacent to an activating group) is 1. The minimum Gasteiger partial charge on any atom is -0.341 e. The van der Waals surface area contributed by atoms with E-state index in [9.17, 15) is 4.79 Å². The lowest BCUT2D eigenvalue weighted by Crippen LogP contribution is -2.23. The zero-order valence-corrected chi connectivity index (χ0v) is 14.4. The number of anilines is 1. The van der Waals surface area contributed by atoms with Crippen molar-refractivity contribution in [1.82, 2.24) is 0 Å². The molecule has 0 N–H and O–H groups in total. The largest absolute Gasteiger partial charge is 0.368 e. The molecular formula is C22H18N2O2. The van der Waals surface area contributed by atoms with Crippen LogP contribution in [0, 0.1) is 0 Å². The predicted octanol–water partition coefficient (Wildman–Crippen LogP) is 4.31. The fourth-order valence-corrected chi connectivity index (χ4v) is 3.18. The number of fused-ring (bicyclic) bond motifs is 1. The maximum atomic E-state index is 12.1. The molecule has 26 heavy (non-hydrogen) atoms. The molecule has 2 aliphatic heterocycles. The van der Waals surface area contributed by atoms with Crippen molar-refractivity contribution in [1.29, 1.82) is 0 Å². The van der Waals surface area contributed by atoms with E-state index in [-0.39, 0.29) is 0 Å². The third-order valence-electron chi connectivity index (χ3n) is 4.45. The number of allylic oxidation sites excluding steroid dienone is 3. The molecule has 4 nitrogen and oxygen atoms in total. The molecule has 4 rings (SSSR count). The van der Waals surface area contributed by atoms with Crippen LogP contribution in [-0.4, -0.2) is 18.2 Å². The van der Waals surface area contributed by atoms with E-state index < -0.39 is 5.97 Å². The van der Waals surface area contributed by atoms with E-state index in [0.29, 0.717) is 11.3 Å². The van der Waals surface area contributed by atoms with Gasteiger partial charge >= 0.3 is 5.97 Å². The van der Waals surface area contributed by atoms with Crippen LogP contribution >= 0.6 is 0 Å². The van der Waals surface area contributed by atoms with E-state index in [2.05, 4.69) is 41.3 Å². The standard InChI is InChI=1S/C22H18N2O2/c1-2-24-18(13-12-16-8-6-7-11-20(16)24)14-15-19-21(23-26-22(19)25)17-9-4-3-5-10-17/h3-15H,2H2,1H3. The quantitative estimate of drug-likeness (QED) is 0.616. The van der Waals surface area contributed by atoms with Crippen LogP contribution in [-0.2, 0) is 9.63 Å². The van der Waals surface area contributed by atoms with Crippen LogP contribution in [0.4, 0.5) is 5.69 Å². The Balaban J connectivity index is 1.70. The minimum absolute atomic E-state index is 0.427. The van der Waals surface area contributed by atoms with E-state index in [1.54, 1.807) is 6.08 Å². The summed E-state index contributed by atoms with van der Waals surface area (Å²) in [6.45, 7) is 2.94. The topological polar surface area (TPSA) is 41.9 Å². The van der Waals surface area contributed by atoms with Gasteiger partial charge in [-0.05, 0) is 36.8 Å². The van der Waals surface area contributed by atoms with Crippen molar-refractivity contribution in [3.05, 3.63) is 95.2 Å². The van der Waals surface area contributed by atoms with Crippen LogP contribution in [0.15, 0.2) is 89.3 Å². The molecule has 2 aliphatic rings. The summed E-state index contributed by atoms with van der Waals surface area (Å²) in [6, 6.07) is 17.8. The lowest BCUT2D eigenvalue weighted by atomic mass is 10.0. The zero-order valence-electron chi connectivity index (χ0n) is 14.4. The second-order valence-corrected chi connectivity index (χ2v) is 5.99. The van der Waals surface area contributed by atoms with Gasteiger partial charge in [0, 0.05) is 23.5 Å². The summed E-state index contributed by atoms with van der Waals surface area (Å²) >= 11 is 0. The summed E-state index contributed by atoms with van der Waals surface area (Å²) in [4.78, 5) is 19.2. The second kappa shape index (κ2) is 6.84. The van der Waals surface area contributed by atoms with Crippen molar-refractivity contribution < 1.29 is 9.63 Å². The van der Waals surface area contributed by atoms with Gasteiger partial charge in [0.05, 0.1) is 5.57 Å². The molecule has 0 unspecified atom stereocenters. The number of hydrogen-bond donors (Lipinski definition) is 0. The van der Waals surface area contributed by atoms with Gasteiger partial charge in [-0.3, -0.25) is 0 Å². The number of carbonyl (C=O) groups is 1. The highest BCUT2D eigenvalue weighted by molar-refractivity contribution is 6.28. The average Bonchev–Trinajstić information content (AvgIpc) is 3.07. The van der Waals surface area contributed by atoms with Gasteiger partial charge < -0.3 is 9.74 Å². The molecule has 0 fully saturated rings. The number of nitrogens with zero attached hydrogens (tertiary/aromatic N) is 2. The normalized spacial score (nSPS) is 18.9. The summed E-state index contributed by atoms with van der Waals surface area (Å²) in [5.74, 6) is -0.427. The van der Waals surface area contributed by atoms with E-state index in [0.717, 1.165) is 23.5 Å². The van der Waals surface area contributed by atoms with Gasteiger partial charge in [0.1, 0.15) is 5.71 Å². The first-order valence-corrected chi connectivity index (χ1v) is 8.59. The third kappa shape index (κ3) is 2.86. The van der Waals surface area contributed by atoms with Crippen molar-refractivity contribution in [3.63, 3.8) is 0 Å². The summed E-state index contributed by atoms with van der Waals surface area (Å²) in [7, 11) is 0. The Morgan fingerprint density at radius 1 is 1.00 bits per heavy atom. The monoisotopic (exact) mass is 342 g/mol. The summed E-state index contributed by atoms with van der Waals surface area (Å²) in [5.41, 5.74) is 5.26. The van der Waals surface area contributed by atoms with Gasteiger partial charge in [-0.25, -0.2) is 4.79 Å². The Morgan fingerprint density at radius 3 is 2.58 bits per heavy atom. The van der Waals surface area contributed by atoms with Crippen molar-refractivity contribution in [2.75, 3.05) is 11.4 Å². The molecule has 0 atom stereocenters. The van der Waals surface area contributed by atoms with Crippen LogP contribution in [0.3, 0.4) is 0 Å². The molecule has 0 aromatic heterocycles. The lowest BCUT2D eigenvalue weighted by molar-refractivity contribution is -0.136. The minimum atomic E-state index is -0.427. The van der Waals surface area contributed by atoms with Crippen LogP contribution in [0.2, 0.25) is 0 Å². The Kier molecular flexibility index (Phi) is 4.23. The molecule has 0 saturated heterocycles. The van der Waals surface area contributed by atoms with Gasteiger partial charge in [-0.15, -0.1) is 0 Å². The van der Waals surface area contributed by atoms with Crippen LogP contribution in [0.25, 0.3) is 6.08 Å². The molecule has 0 bridgehead atoms. The molecular weight excluding hydrogens is 324 g/mol. The van der Waals surface area contributed by atoms with Gasteiger partial charge in [0.15, 0.2) is 0 Å². The number of benzene rings is 2. The zero-order chi connectivity index (χ0) is 17.9. The highest BCUT2D eigenvalue weighted by atomic mass is 16.7. The van der Waals surface area contributed by atoms with Crippen molar-refractivity contribution in [2.45, 2.75) is 6.92 Å². The van der Waals surface area contributed by atoms with Gasteiger partial charge in [-0.2, -0.15) is 0 Å². The van der Waals surface area contributed by atoms with E-state index in [4.69, 9.17) is 4.84 Å². The first kappa shape index (κ1) is 16.1. The average molecular weight is 342 g/mol. The first-order chi connectivity index (χ1) is 12.8. The first-order valence-electron chi connectivity index (χ1n) is 8.59. The van der Waals surface area contributed by atoms with Gasteiger partial charge in [0.2, 0.25) is 0 Å². The molecule has 0 aliphatic carbocycles.